The van der Waals surface area contributed by atoms with Crippen LogP contribution in [0.1, 0.15) is 90.9 Å². The van der Waals surface area contributed by atoms with Crippen molar-refractivity contribution >= 4 is 5.97 Å². The lowest BCUT2D eigenvalue weighted by atomic mass is 10.1. The predicted molar refractivity (Wildman–Crippen MR) is 99.8 cm³/mol. The molecule has 0 saturated carbocycles. The second-order valence-corrected chi connectivity index (χ2v) is 5.79. The van der Waals surface area contributed by atoms with Gasteiger partial charge in [0.15, 0.2) is 0 Å². The Kier molecular flexibility index (Phi) is 24.4. The van der Waals surface area contributed by atoms with E-state index in [2.05, 4.69) is 31.2 Å². The molecule has 0 aliphatic rings. The van der Waals surface area contributed by atoms with Crippen LogP contribution in [0.3, 0.4) is 0 Å². The van der Waals surface area contributed by atoms with E-state index in [4.69, 9.17) is 15.0 Å². The minimum Gasteiger partial charge on any atom is -0.481 e. The van der Waals surface area contributed by atoms with Crippen molar-refractivity contribution in [2.24, 2.45) is 0 Å². The molecular formula is C20H38O3. The third-order valence-electron chi connectivity index (χ3n) is 3.34. The van der Waals surface area contributed by atoms with Gasteiger partial charge in [-0.15, -0.1) is 0 Å². The first kappa shape index (κ1) is 24.2. The van der Waals surface area contributed by atoms with Gasteiger partial charge in [-0.05, 0) is 44.9 Å². The van der Waals surface area contributed by atoms with Crippen molar-refractivity contribution in [3.05, 3.63) is 24.3 Å². The van der Waals surface area contributed by atoms with Gasteiger partial charge in [0, 0.05) is 13.5 Å². The molecule has 3 nitrogen and oxygen atoms in total. The van der Waals surface area contributed by atoms with Crippen molar-refractivity contribution in [2.45, 2.75) is 90.9 Å². The van der Waals surface area contributed by atoms with Crippen LogP contribution in [-0.4, -0.2) is 22.8 Å². The second-order valence-electron chi connectivity index (χ2n) is 5.79. The fourth-order valence-electron chi connectivity index (χ4n) is 2.14. The van der Waals surface area contributed by atoms with Gasteiger partial charge in [-0.2, -0.15) is 0 Å². The molecule has 0 heterocycles. The smallest absolute Gasteiger partial charge is 0.300 e. The monoisotopic (exact) mass is 326 g/mol. The van der Waals surface area contributed by atoms with E-state index in [1.54, 1.807) is 0 Å². The average Bonchev–Trinajstić information content (AvgIpc) is 2.50. The van der Waals surface area contributed by atoms with Gasteiger partial charge in [0.25, 0.3) is 5.97 Å². The summed E-state index contributed by atoms with van der Waals surface area (Å²) in [5.74, 6) is -0.833. The Morgan fingerprint density at radius 2 is 1.09 bits per heavy atom. The quantitative estimate of drug-likeness (QED) is 0.309. The molecule has 0 saturated heterocycles. The Labute approximate surface area is 143 Å². The maximum absolute atomic E-state index is 9.00. The summed E-state index contributed by atoms with van der Waals surface area (Å²) in [6.07, 6.45) is 24.4. The Balaban J connectivity index is 0. The molecule has 0 amide bonds. The first-order chi connectivity index (χ1) is 11.1. The van der Waals surface area contributed by atoms with Crippen molar-refractivity contribution in [1.82, 2.24) is 0 Å². The standard InChI is InChI=1S/C18H34O.C2H4O2/c1-2-3-4-5-6-7-8-9-10-11-12-13-14-15-16-17-18-19;1-2(3)4/h3-4,14-15,19H,2,5-13,16-18H2,1H3;1H3,(H,3,4). The zero-order valence-corrected chi connectivity index (χ0v) is 15.3. The van der Waals surface area contributed by atoms with Crippen molar-refractivity contribution in [3.8, 4) is 0 Å². The van der Waals surface area contributed by atoms with E-state index >= 15 is 0 Å². The summed E-state index contributed by atoms with van der Waals surface area (Å²) in [5, 5.41) is 16.0. The molecule has 0 aromatic heterocycles. The Morgan fingerprint density at radius 1 is 0.739 bits per heavy atom. The largest absolute Gasteiger partial charge is 0.481 e. The second kappa shape index (κ2) is 23.2. The minimum atomic E-state index is -0.833. The number of aliphatic hydroxyl groups is 1. The molecule has 0 rings (SSSR count). The molecule has 0 aliphatic carbocycles. The zero-order valence-electron chi connectivity index (χ0n) is 15.3. The van der Waals surface area contributed by atoms with Gasteiger partial charge in [-0.1, -0.05) is 63.3 Å². The molecule has 0 radical (unpaired) electrons. The van der Waals surface area contributed by atoms with Crippen LogP contribution in [0, 0.1) is 0 Å². The highest BCUT2D eigenvalue weighted by atomic mass is 16.4. The fourth-order valence-corrected chi connectivity index (χ4v) is 2.14. The van der Waals surface area contributed by atoms with E-state index < -0.39 is 5.97 Å². The molecule has 3 heteroatoms. The van der Waals surface area contributed by atoms with E-state index in [9.17, 15) is 0 Å². The van der Waals surface area contributed by atoms with Crippen LogP contribution in [0.2, 0.25) is 0 Å². The molecular weight excluding hydrogens is 288 g/mol. The first-order valence-corrected chi connectivity index (χ1v) is 9.25. The van der Waals surface area contributed by atoms with Gasteiger partial charge in [0.1, 0.15) is 0 Å². The van der Waals surface area contributed by atoms with Crippen LogP contribution in [0.4, 0.5) is 0 Å². The topological polar surface area (TPSA) is 57.5 Å². The van der Waals surface area contributed by atoms with E-state index in [0.717, 1.165) is 19.8 Å². The fraction of sp³-hybridized carbons (Fsp3) is 0.750. The highest BCUT2D eigenvalue weighted by Gasteiger charge is 1.90. The Hall–Kier alpha value is -1.09. The molecule has 0 unspecified atom stereocenters. The Bertz CT molecular complexity index is 279. The molecule has 0 atom stereocenters. The van der Waals surface area contributed by atoms with Crippen molar-refractivity contribution < 1.29 is 15.0 Å². The number of hydrogen-bond acceptors (Lipinski definition) is 2. The molecule has 0 bridgehead atoms. The van der Waals surface area contributed by atoms with Crippen LogP contribution in [0.25, 0.3) is 0 Å². The van der Waals surface area contributed by atoms with E-state index in [0.29, 0.717) is 6.61 Å². The lowest BCUT2D eigenvalue weighted by molar-refractivity contribution is -0.134. The van der Waals surface area contributed by atoms with E-state index in [-0.39, 0.29) is 0 Å². The summed E-state index contributed by atoms with van der Waals surface area (Å²) < 4.78 is 0. The molecule has 0 aliphatic heterocycles. The molecule has 0 spiro atoms. The molecule has 0 aromatic rings. The normalized spacial score (nSPS) is 10.9. The summed E-state index contributed by atoms with van der Waals surface area (Å²) in [5.41, 5.74) is 0. The summed E-state index contributed by atoms with van der Waals surface area (Å²) >= 11 is 0. The lowest BCUT2D eigenvalue weighted by Crippen LogP contribution is -1.81. The summed E-state index contributed by atoms with van der Waals surface area (Å²) in [6.45, 7) is 3.59. The maximum Gasteiger partial charge on any atom is 0.300 e. The van der Waals surface area contributed by atoms with Crippen LogP contribution in [-0.2, 0) is 4.79 Å². The number of rotatable bonds is 14. The summed E-state index contributed by atoms with van der Waals surface area (Å²) in [4.78, 5) is 9.00. The van der Waals surface area contributed by atoms with Crippen LogP contribution < -0.4 is 0 Å². The van der Waals surface area contributed by atoms with Crippen LogP contribution >= 0.6 is 0 Å². The lowest BCUT2D eigenvalue weighted by Gasteiger charge is -2.00. The van der Waals surface area contributed by atoms with Crippen LogP contribution in [0.15, 0.2) is 24.3 Å². The van der Waals surface area contributed by atoms with Gasteiger partial charge < -0.3 is 10.2 Å². The molecule has 136 valence electrons. The predicted octanol–water partition coefficient (Wildman–Crippen LogP) is 5.88. The number of hydrogen-bond donors (Lipinski definition) is 2. The van der Waals surface area contributed by atoms with Gasteiger partial charge in [0.05, 0.1) is 0 Å². The number of carboxylic acid groups (broad SMARTS) is 1. The summed E-state index contributed by atoms with van der Waals surface area (Å²) in [7, 11) is 0. The molecule has 0 aromatic carbocycles. The number of allylic oxidation sites excluding steroid dienone is 4. The number of aliphatic carboxylic acids is 1. The van der Waals surface area contributed by atoms with Gasteiger partial charge in [-0.25, -0.2) is 0 Å². The van der Waals surface area contributed by atoms with Gasteiger partial charge in [0.2, 0.25) is 0 Å². The maximum atomic E-state index is 9.00. The molecule has 0 fully saturated rings. The minimum absolute atomic E-state index is 0.318. The highest BCUT2D eigenvalue weighted by Crippen LogP contribution is 2.10. The van der Waals surface area contributed by atoms with Crippen molar-refractivity contribution in [1.29, 1.82) is 0 Å². The number of carbonyl (C=O) groups is 1. The van der Waals surface area contributed by atoms with Crippen molar-refractivity contribution in [3.63, 3.8) is 0 Å². The average molecular weight is 327 g/mol. The third kappa shape index (κ3) is 33.6. The van der Waals surface area contributed by atoms with Gasteiger partial charge in [-0.3, -0.25) is 4.79 Å². The molecule has 2 N–H and O–H groups in total. The highest BCUT2D eigenvalue weighted by molar-refractivity contribution is 5.62. The summed E-state index contributed by atoms with van der Waals surface area (Å²) in [6, 6.07) is 0. The molecule has 23 heavy (non-hydrogen) atoms. The van der Waals surface area contributed by atoms with E-state index in [1.165, 1.54) is 64.2 Å². The van der Waals surface area contributed by atoms with E-state index in [1.807, 2.05) is 0 Å². The number of unbranched alkanes of at least 4 members (excludes halogenated alkanes) is 9. The zero-order chi connectivity index (χ0) is 17.6. The number of carboxylic acids is 1. The third-order valence-corrected chi connectivity index (χ3v) is 3.34. The van der Waals surface area contributed by atoms with Crippen molar-refractivity contribution in [2.75, 3.05) is 6.61 Å². The number of aliphatic hydroxyl groups excluding tert-OH is 1. The first-order valence-electron chi connectivity index (χ1n) is 9.25. The van der Waals surface area contributed by atoms with Gasteiger partial charge >= 0.3 is 0 Å². The van der Waals surface area contributed by atoms with Crippen LogP contribution in [0.5, 0.6) is 0 Å². The Morgan fingerprint density at radius 3 is 1.48 bits per heavy atom. The SMILES string of the molecule is CC(=O)O.CCC=CCCCCCCCCCC=CCCCO.